The van der Waals surface area contributed by atoms with Crippen LogP contribution in [0, 0.1) is 0 Å². The van der Waals surface area contributed by atoms with Crippen molar-refractivity contribution >= 4 is 65.7 Å². The van der Waals surface area contributed by atoms with Crippen LogP contribution in [0.5, 0.6) is 0 Å². The van der Waals surface area contributed by atoms with Crippen LogP contribution in [0.15, 0.2) is 151 Å². The first-order chi connectivity index (χ1) is 24.7. The monoisotopic (exact) mass is 641 g/mol. The van der Waals surface area contributed by atoms with Crippen LogP contribution in [-0.2, 0) is 6.42 Å². The van der Waals surface area contributed by atoms with Crippen molar-refractivity contribution in [2.75, 3.05) is 0 Å². The summed E-state index contributed by atoms with van der Waals surface area (Å²) in [5.74, 6) is 0.274. The minimum atomic E-state index is 0.0911. The summed E-state index contributed by atoms with van der Waals surface area (Å²) >= 11 is 0. The van der Waals surface area contributed by atoms with Crippen LogP contribution in [0.1, 0.15) is 29.5 Å². The maximum Gasteiger partial charge on any atom is 0.249 e. The van der Waals surface area contributed by atoms with E-state index in [-0.39, 0.29) is 12.0 Å². The van der Waals surface area contributed by atoms with Crippen molar-refractivity contribution in [2.45, 2.75) is 24.8 Å². The van der Waals surface area contributed by atoms with Gasteiger partial charge in [-0.1, -0.05) is 54.6 Å². The SMILES string of the molecule is C=C1C2C(CCc3cc4c(cc3-c3cccc[n+]31)c1cccc3c5c6oc7ccccc7c6ccc5n4c13)c1ccccc1-c1cccc[n+]12. The van der Waals surface area contributed by atoms with Crippen LogP contribution in [0.3, 0.4) is 0 Å². The summed E-state index contributed by atoms with van der Waals surface area (Å²) in [4.78, 5) is 0. The van der Waals surface area contributed by atoms with Gasteiger partial charge in [0.25, 0.3) is 0 Å². The molecule has 0 saturated carbocycles. The lowest BCUT2D eigenvalue weighted by atomic mass is 9.78. The van der Waals surface area contributed by atoms with E-state index in [0.717, 1.165) is 35.1 Å². The summed E-state index contributed by atoms with van der Waals surface area (Å²) in [6.45, 7) is 4.86. The molecule has 5 aromatic heterocycles. The molecule has 10 aromatic rings. The maximum atomic E-state index is 6.60. The molecule has 2 unspecified atom stereocenters. The molecule has 0 radical (unpaired) electrons. The second-order valence-corrected chi connectivity index (χ2v) is 14.1. The topological polar surface area (TPSA) is 25.3 Å². The van der Waals surface area contributed by atoms with Gasteiger partial charge in [-0.2, -0.15) is 9.13 Å². The van der Waals surface area contributed by atoms with Gasteiger partial charge in [0.15, 0.2) is 12.4 Å². The number of fused-ring (bicyclic) bond motifs is 19. The number of rotatable bonds is 0. The van der Waals surface area contributed by atoms with Crippen LogP contribution in [0.25, 0.3) is 88.2 Å². The van der Waals surface area contributed by atoms with E-state index < -0.39 is 0 Å². The molecule has 2 atom stereocenters. The highest BCUT2D eigenvalue weighted by Gasteiger charge is 2.46. The Morgan fingerprint density at radius 3 is 2.40 bits per heavy atom. The lowest BCUT2D eigenvalue weighted by molar-refractivity contribution is -0.727. The number of hydrogen-bond donors (Lipinski definition) is 0. The van der Waals surface area contributed by atoms with Gasteiger partial charge in [0.2, 0.25) is 23.1 Å². The van der Waals surface area contributed by atoms with Crippen LogP contribution < -0.4 is 9.13 Å². The zero-order valence-corrected chi connectivity index (χ0v) is 27.3. The van der Waals surface area contributed by atoms with Crippen molar-refractivity contribution in [3.8, 4) is 22.5 Å². The van der Waals surface area contributed by atoms with E-state index in [0.29, 0.717) is 0 Å². The fraction of sp³-hybridized carbons (Fsp3) is 0.0870. The highest BCUT2D eigenvalue weighted by atomic mass is 16.3. The van der Waals surface area contributed by atoms with Gasteiger partial charge in [-0.15, -0.1) is 0 Å². The van der Waals surface area contributed by atoms with E-state index in [2.05, 4.69) is 153 Å². The molecular weight excluding hydrogens is 611 g/mol. The molecule has 0 spiro atoms. The Kier molecular flexibility index (Phi) is 5.04. The average Bonchev–Trinajstić information content (AvgIpc) is 3.83. The molecule has 0 aliphatic carbocycles. The molecule has 4 nitrogen and oxygen atoms in total. The van der Waals surface area contributed by atoms with Crippen molar-refractivity contribution in [3.05, 3.63) is 157 Å². The van der Waals surface area contributed by atoms with E-state index in [1.165, 1.54) is 77.1 Å². The number of furan rings is 1. The Balaban J connectivity index is 1.15. The fourth-order valence-corrected chi connectivity index (χ4v) is 9.69. The van der Waals surface area contributed by atoms with E-state index in [1.54, 1.807) is 0 Å². The van der Waals surface area contributed by atoms with Gasteiger partial charge in [0.1, 0.15) is 11.2 Å². The third kappa shape index (κ3) is 3.26. The second-order valence-electron chi connectivity index (χ2n) is 14.1. The molecule has 0 fully saturated rings. The van der Waals surface area contributed by atoms with Crippen LogP contribution in [-0.4, -0.2) is 4.40 Å². The third-order valence-corrected chi connectivity index (χ3v) is 11.8. The minimum Gasteiger partial charge on any atom is -0.455 e. The van der Waals surface area contributed by atoms with E-state index in [9.17, 15) is 0 Å². The third-order valence-electron chi connectivity index (χ3n) is 11.8. The molecule has 5 aromatic carbocycles. The molecule has 50 heavy (non-hydrogen) atoms. The molecule has 4 heteroatoms. The summed E-state index contributed by atoms with van der Waals surface area (Å²) in [7, 11) is 0. The lowest BCUT2D eigenvalue weighted by Gasteiger charge is -2.29. The molecule has 0 bridgehead atoms. The highest BCUT2D eigenvalue weighted by Crippen LogP contribution is 2.47. The standard InChI is InChI=1S/C46H31N3O/c1-27-44-33(29-11-2-3-12-30(29)38-16-7-9-24-48(38)44)20-19-28-25-41-37(26-36(28)39-17-6-8-23-47(27)39)32-14-10-15-35-43-40(49(41)45(32)35)22-21-34-31-13-4-5-18-42(31)50-46(34)43/h2-18,21-26,33,44H,1,19-20H2/q+2. The van der Waals surface area contributed by atoms with Gasteiger partial charge in [-0.05, 0) is 79.1 Å². The Morgan fingerprint density at radius 2 is 1.44 bits per heavy atom. The summed E-state index contributed by atoms with van der Waals surface area (Å²) in [6.07, 6.45) is 6.42. The van der Waals surface area contributed by atoms with Crippen molar-refractivity contribution in [1.82, 2.24) is 4.40 Å². The molecule has 0 saturated heterocycles. The Bertz CT molecular complexity index is 3090. The number of nitrogens with zero attached hydrogens (tertiary/aromatic N) is 3. The molecule has 2 aliphatic rings. The van der Waals surface area contributed by atoms with Crippen molar-refractivity contribution in [2.24, 2.45) is 0 Å². The van der Waals surface area contributed by atoms with Gasteiger partial charge in [0, 0.05) is 56.8 Å². The number of allylic oxidation sites excluding steroid dienone is 1. The number of hydrogen-bond acceptors (Lipinski definition) is 1. The first-order valence-corrected chi connectivity index (χ1v) is 17.6. The largest absolute Gasteiger partial charge is 0.455 e. The van der Waals surface area contributed by atoms with Gasteiger partial charge in [-0.25, -0.2) is 0 Å². The smallest absolute Gasteiger partial charge is 0.249 e. The van der Waals surface area contributed by atoms with Gasteiger partial charge < -0.3 is 8.82 Å². The molecule has 7 heterocycles. The molecule has 0 amide bonds. The van der Waals surface area contributed by atoms with Crippen molar-refractivity contribution < 1.29 is 13.6 Å². The van der Waals surface area contributed by atoms with E-state index >= 15 is 0 Å². The normalized spacial score (nSPS) is 17.1. The average molecular weight is 642 g/mol. The molecule has 0 N–H and O–H groups in total. The highest BCUT2D eigenvalue weighted by molar-refractivity contribution is 6.29. The first-order valence-electron chi connectivity index (χ1n) is 17.6. The summed E-state index contributed by atoms with van der Waals surface area (Å²) in [5, 5.41) is 7.32. The van der Waals surface area contributed by atoms with Crippen molar-refractivity contribution in [3.63, 3.8) is 0 Å². The van der Waals surface area contributed by atoms with E-state index in [1.807, 2.05) is 0 Å². The zero-order chi connectivity index (χ0) is 32.7. The first kappa shape index (κ1) is 26.7. The van der Waals surface area contributed by atoms with E-state index in [4.69, 9.17) is 11.0 Å². The number of aryl methyl sites for hydroxylation is 1. The number of aromatic nitrogens is 3. The fourth-order valence-electron chi connectivity index (χ4n) is 9.69. The summed E-state index contributed by atoms with van der Waals surface area (Å²) in [6, 6.07) is 46.9. The van der Waals surface area contributed by atoms with Crippen LogP contribution in [0.2, 0.25) is 0 Å². The van der Waals surface area contributed by atoms with Gasteiger partial charge >= 0.3 is 0 Å². The number of benzene rings is 5. The summed E-state index contributed by atoms with van der Waals surface area (Å²) < 4.78 is 13.9. The summed E-state index contributed by atoms with van der Waals surface area (Å²) in [5.41, 5.74) is 14.5. The predicted octanol–water partition coefficient (Wildman–Crippen LogP) is 10.4. The quantitative estimate of drug-likeness (QED) is 0.151. The minimum absolute atomic E-state index is 0.0911. The Labute approximate surface area is 287 Å². The Morgan fingerprint density at radius 1 is 0.640 bits per heavy atom. The van der Waals surface area contributed by atoms with Gasteiger partial charge in [0.05, 0.1) is 33.4 Å². The molecule has 234 valence electrons. The molecular formula is C46H31N3O+2. The molecule has 12 rings (SSSR count). The lowest BCUT2D eigenvalue weighted by Crippen LogP contribution is -2.53. The predicted molar refractivity (Wildman–Crippen MR) is 202 cm³/mol. The second kappa shape index (κ2) is 9.46. The van der Waals surface area contributed by atoms with Crippen LogP contribution in [0.4, 0.5) is 0 Å². The zero-order valence-electron chi connectivity index (χ0n) is 27.3. The number of para-hydroxylation sites is 2. The number of pyridine rings is 2. The van der Waals surface area contributed by atoms with Crippen molar-refractivity contribution in [1.29, 1.82) is 0 Å². The molecule has 2 aliphatic heterocycles. The van der Waals surface area contributed by atoms with Gasteiger partial charge in [-0.3, -0.25) is 0 Å². The van der Waals surface area contributed by atoms with Crippen LogP contribution >= 0.6 is 0 Å². The maximum absolute atomic E-state index is 6.60. The Hall–Kier alpha value is -6.26.